The van der Waals surface area contributed by atoms with Gasteiger partial charge >= 0.3 is 0 Å². The maximum Gasteiger partial charge on any atom is 0.140 e. The van der Waals surface area contributed by atoms with Crippen LogP contribution in [0.25, 0.3) is 0 Å². The van der Waals surface area contributed by atoms with Gasteiger partial charge in [-0.1, -0.05) is 25.1 Å². The number of aryl methyl sites for hydroxylation is 2. The number of nitrogens with one attached hydrogen (secondary N) is 1. The van der Waals surface area contributed by atoms with E-state index < -0.39 is 0 Å². The first-order chi connectivity index (χ1) is 9.70. The monoisotopic (exact) mass is 290 g/mol. The Labute approximate surface area is 125 Å². The average Bonchev–Trinajstić information content (AvgIpc) is 2.84. The maximum atomic E-state index is 6.01. The van der Waals surface area contributed by atoms with E-state index in [1.807, 2.05) is 6.92 Å². The molecule has 0 amide bonds. The van der Waals surface area contributed by atoms with E-state index >= 15 is 0 Å². The Bertz CT molecular complexity index is 551. The first-order valence-electron chi connectivity index (χ1n) is 7.03. The van der Waals surface area contributed by atoms with Gasteiger partial charge in [0.2, 0.25) is 0 Å². The molecule has 0 spiro atoms. The molecule has 20 heavy (non-hydrogen) atoms. The van der Waals surface area contributed by atoms with Crippen molar-refractivity contribution in [2.24, 2.45) is 0 Å². The van der Waals surface area contributed by atoms with E-state index in [9.17, 15) is 0 Å². The first-order valence-corrected chi connectivity index (χ1v) is 7.91. The zero-order chi connectivity index (χ0) is 14.4. The molecular formula is C16H22N2OS. The molecule has 108 valence electrons. The predicted molar refractivity (Wildman–Crippen MR) is 84.4 cm³/mol. The first kappa shape index (κ1) is 15.0. The molecule has 0 atom stereocenters. The van der Waals surface area contributed by atoms with Crippen molar-refractivity contribution in [1.29, 1.82) is 0 Å². The van der Waals surface area contributed by atoms with Crippen molar-refractivity contribution in [2.45, 2.75) is 40.3 Å². The van der Waals surface area contributed by atoms with Gasteiger partial charge in [-0.3, -0.25) is 0 Å². The maximum absolute atomic E-state index is 6.01. The molecule has 1 aromatic heterocycles. The van der Waals surface area contributed by atoms with Crippen LogP contribution in [0.1, 0.15) is 35.2 Å². The zero-order valence-electron chi connectivity index (χ0n) is 12.4. The number of aromatic nitrogens is 1. The minimum atomic E-state index is 0.546. The van der Waals surface area contributed by atoms with Crippen LogP contribution in [-0.2, 0) is 13.2 Å². The van der Waals surface area contributed by atoms with Crippen LogP contribution in [0, 0.1) is 13.8 Å². The molecule has 0 radical (unpaired) electrons. The van der Waals surface area contributed by atoms with Crippen LogP contribution in [0.15, 0.2) is 23.6 Å². The third-order valence-corrected chi connectivity index (χ3v) is 3.98. The van der Waals surface area contributed by atoms with Gasteiger partial charge in [0.1, 0.15) is 17.4 Å². The molecule has 0 aliphatic rings. The summed E-state index contributed by atoms with van der Waals surface area (Å²) in [5, 5.41) is 6.51. The van der Waals surface area contributed by atoms with Crippen molar-refractivity contribution < 1.29 is 4.74 Å². The van der Waals surface area contributed by atoms with Gasteiger partial charge in [0.25, 0.3) is 0 Å². The summed E-state index contributed by atoms with van der Waals surface area (Å²) in [7, 11) is 0. The Balaban J connectivity index is 2.04. The lowest BCUT2D eigenvalue weighted by Gasteiger charge is -2.14. The normalized spacial score (nSPS) is 10.8. The minimum Gasteiger partial charge on any atom is -0.486 e. The number of hydrogen-bond acceptors (Lipinski definition) is 4. The Kier molecular flexibility index (Phi) is 5.56. The molecular weight excluding hydrogens is 268 g/mol. The number of para-hydroxylation sites is 1. The molecule has 4 heteroatoms. The summed E-state index contributed by atoms with van der Waals surface area (Å²) in [6, 6.07) is 6.29. The second kappa shape index (κ2) is 7.41. The molecule has 0 aliphatic carbocycles. The lowest BCUT2D eigenvalue weighted by atomic mass is 10.1. The van der Waals surface area contributed by atoms with E-state index in [2.05, 4.69) is 47.7 Å². The molecule has 1 N–H and O–H groups in total. The number of thiazole rings is 1. The predicted octanol–water partition coefficient (Wildman–Crippen LogP) is 3.84. The van der Waals surface area contributed by atoms with Crippen molar-refractivity contribution in [3.8, 4) is 5.75 Å². The van der Waals surface area contributed by atoms with Gasteiger partial charge in [-0.15, -0.1) is 11.3 Å². The van der Waals surface area contributed by atoms with Gasteiger partial charge in [0, 0.05) is 23.2 Å². The molecule has 0 fully saturated rings. The quantitative estimate of drug-likeness (QED) is 0.787. The number of rotatable bonds is 7. The highest BCUT2D eigenvalue weighted by molar-refractivity contribution is 7.09. The highest BCUT2D eigenvalue weighted by atomic mass is 32.1. The second-order valence-electron chi connectivity index (χ2n) is 4.91. The SMILES string of the molecule is CCCNCc1cccc(C)c1OCc1nc(C)cs1. The smallest absolute Gasteiger partial charge is 0.140 e. The van der Waals surface area contributed by atoms with Gasteiger partial charge in [-0.05, 0) is 32.4 Å². The van der Waals surface area contributed by atoms with Gasteiger partial charge in [0.15, 0.2) is 0 Å². The highest BCUT2D eigenvalue weighted by Gasteiger charge is 2.08. The zero-order valence-corrected chi connectivity index (χ0v) is 13.2. The molecule has 3 nitrogen and oxygen atoms in total. The van der Waals surface area contributed by atoms with Crippen LogP contribution in [-0.4, -0.2) is 11.5 Å². The number of nitrogens with zero attached hydrogens (tertiary/aromatic N) is 1. The van der Waals surface area contributed by atoms with Crippen LogP contribution in [0.5, 0.6) is 5.75 Å². The van der Waals surface area contributed by atoms with Crippen molar-refractivity contribution in [3.05, 3.63) is 45.4 Å². The third kappa shape index (κ3) is 4.05. The number of benzene rings is 1. The van der Waals surface area contributed by atoms with E-state index in [0.29, 0.717) is 6.61 Å². The van der Waals surface area contributed by atoms with Gasteiger partial charge in [-0.2, -0.15) is 0 Å². The highest BCUT2D eigenvalue weighted by Crippen LogP contribution is 2.25. The van der Waals surface area contributed by atoms with E-state index in [1.165, 1.54) is 11.1 Å². The lowest BCUT2D eigenvalue weighted by Crippen LogP contribution is -2.15. The third-order valence-electron chi connectivity index (χ3n) is 3.04. The largest absolute Gasteiger partial charge is 0.486 e. The van der Waals surface area contributed by atoms with Gasteiger partial charge in [0.05, 0.1) is 0 Å². The molecule has 1 aromatic carbocycles. The Morgan fingerprint density at radius 1 is 1.30 bits per heavy atom. The summed E-state index contributed by atoms with van der Waals surface area (Å²) in [5.41, 5.74) is 3.45. The van der Waals surface area contributed by atoms with Crippen LogP contribution in [0.4, 0.5) is 0 Å². The van der Waals surface area contributed by atoms with Crippen molar-refractivity contribution >= 4 is 11.3 Å². The fraction of sp³-hybridized carbons (Fsp3) is 0.438. The van der Waals surface area contributed by atoms with Crippen LogP contribution >= 0.6 is 11.3 Å². The van der Waals surface area contributed by atoms with E-state index in [4.69, 9.17) is 4.74 Å². The molecule has 0 saturated carbocycles. The summed E-state index contributed by atoms with van der Waals surface area (Å²) in [6.07, 6.45) is 1.14. The second-order valence-corrected chi connectivity index (χ2v) is 5.85. The topological polar surface area (TPSA) is 34.1 Å². The summed E-state index contributed by atoms with van der Waals surface area (Å²) in [6.45, 7) is 8.69. The molecule has 0 aliphatic heterocycles. The average molecular weight is 290 g/mol. The molecule has 0 unspecified atom stereocenters. The summed E-state index contributed by atoms with van der Waals surface area (Å²) < 4.78 is 6.01. The van der Waals surface area contributed by atoms with E-state index in [0.717, 1.165) is 36.0 Å². The fourth-order valence-electron chi connectivity index (χ4n) is 2.06. The van der Waals surface area contributed by atoms with Crippen molar-refractivity contribution in [1.82, 2.24) is 10.3 Å². The van der Waals surface area contributed by atoms with Crippen LogP contribution < -0.4 is 10.1 Å². The van der Waals surface area contributed by atoms with Crippen LogP contribution in [0.3, 0.4) is 0 Å². The number of hydrogen-bond donors (Lipinski definition) is 1. The van der Waals surface area contributed by atoms with Crippen molar-refractivity contribution in [2.75, 3.05) is 6.54 Å². The minimum absolute atomic E-state index is 0.546. The number of ether oxygens (including phenoxy) is 1. The molecule has 2 aromatic rings. The molecule has 1 heterocycles. The van der Waals surface area contributed by atoms with Gasteiger partial charge < -0.3 is 10.1 Å². The van der Waals surface area contributed by atoms with Crippen molar-refractivity contribution in [3.63, 3.8) is 0 Å². The fourth-order valence-corrected chi connectivity index (χ4v) is 2.74. The summed E-state index contributed by atoms with van der Waals surface area (Å²) in [4.78, 5) is 4.44. The Hall–Kier alpha value is -1.39. The molecule has 0 bridgehead atoms. The molecule has 0 saturated heterocycles. The van der Waals surface area contributed by atoms with Crippen LogP contribution in [0.2, 0.25) is 0 Å². The standard InChI is InChI=1S/C16H22N2OS/c1-4-8-17-9-14-7-5-6-12(2)16(14)19-10-15-18-13(3)11-20-15/h5-7,11,17H,4,8-10H2,1-3H3. The van der Waals surface area contributed by atoms with E-state index in [1.54, 1.807) is 11.3 Å². The summed E-state index contributed by atoms with van der Waals surface area (Å²) in [5.74, 6) is 0.990. The summed E-state index contributed by atoms with van der Waals surface area (Å²) >= 11 is 1.65. The Morgan fingerprint density at radius 3 is 2.85 bits per heavy atom. The van der Waals surface area contributed by atoms with Gasteiger partial charge in [-0.25, -0.2) is 4.98 Å². The Morgan fingerprint density at radius 2 is 2.15 bits per heavy atom. The van der Waals surface area contributed by atoms with E-state index in [-0.39, 0.29) is 0 Å². The molecule has 2 rings (SSSR count). The lowest BCUT2D eigenvalue weighted by molar-refractivity contribution is 0.299.